The Morgan fingerprint density at radius 2 is 1.82 bits per heavy atom. The summed E-state index contributed by atoms with van der Waals surface area (Å²) in [5.74, 6) is -1.16. The Morgan fingerprint density at radius 1 is 1.08 bits per heavy atom. The molecule has 1 amide bonds. The van der Waals surface area contributed by atoms with Gasteiger partial charge < -0.3 is 5.11 Å². The highest BCUT2D eigenvalue weighted by Crippen LogP contribution is 2.44. The van der Waals surface area contributed by atoms with Gasteiger partial charge >= 0.3 is 5.91 Å². The Hall–Kier alpha value is -2.98. The second-order valence-electron chi connectivity index (χ2n) is 8.77. The lowest BCUT2D eigenvalue weighted by Crippen LogP contribution is -2.29. The van der Waals surface area contributed by atoms with Crippen molar-refractivity contribution in [2.24, 2.45) is 0 Å². The zero-order valence-corrected chi connectivity index (χ0v) is 24.3. The van der Waals surface area contributed by atoms with E-state index in [0.29, 0.717) is 26.2 Å². The fraction of sp³-hybridized carbons (Fsp3) is 0.143. The van der Waals surface area contributed by atoms with E-state index in [4.69, 9.17) is 11.6 Å². The third kappa shape index (κ3) is 5.16. The highest BCUT2D eigenvalue weighted by molar-refractivity contribution is 9.10. The zero-order chi connectivity index (χ0) is 27.0. The van der Waals surface area contributed by atoms with E-state index in [9.17, 15) is 14.7 Å². The van der Waals surface area contributed by atoms with Gasteiger partial charge in [0, 0.05) is 20.8 Å². The van der Waals surface area contributed by atoms with Gasteiger partial charge in [0.2, 0.25) is 5.13 Å². The van der Waals surface area contributed by atoms with Crippen molar-refractivity contribution in [3.05, 3.63) is 110 Å². The lowest BCUT2D eigenvalue weighted by molar-refractivity contribution is -0.132. The van der Waals surface area contributed by atoms with Gasteiger partial charge in [-0.2, -0.15) is 0 Å². The third-order valence-corrected chi connectivity index (χ3v) is 9.19. The van der Waals surface area contributed by atoms with E-state index in [1.54, 1.807) is 0 Å². The van der Waals surface area contributed by atoms with Crippen molar-refractivity contribution >= 4 is 73.2 Å². The van der Waals surface area contributed by atoms with Crippen LogP contribution >= 0.6 is 50.6 Å². The molecule has 3 aromatic carbocycles. The average molecular weight is 627 g/mol. The van der Waals surface area contributed by atoms with E-state index in [2.05, 4.69) is 26.1 Å². The number of Topliss-reactive ketones (excluding diaryl/α,β-unsaturated/α-hetero) is 1. The Balaban J connectivity index is 1.57. The van der Waals surface area contributed by atoms with E-state index >= 15 is 0 Å². The summed E-state index contributed by atoms with van der Waals surface area (Å²) in [6.07, 6.45) is 0. The fourth-order valence-electron chi connectivity index (χ4n) is 4.24. The smallest absolute Gasteiger partial charge is 0.301 e. The number of aliphatic hydroxyl groups excluding tert-OH is 1. The molecule has 1 aliphatic rings. The number of halogens is 2. The van der Waals surface area contributed by atoms with E-state index in [0.717, 1.165) is 21.2 Å². The second-order valence-corrected chi connectivity index (χ2v) is 12.3. The van der Waals surface area contributed by atoms with E-state index < -0.39 is 17.7 Å². The van der Waals surface area contributed by atoms with Crippen LogP contribution in [0.4, 0.5) is 5.13 Å². The average Bonchev–Trinajstić information content (AvgIpc) is 3.47. The first-order valence-electron chi connectivity index (χ1n) is 11.6. The number of carbonyl (C=O) groups is 2. The summed E-state index contributed by atoms with van der Waals surface area (Å²) >= 11 is 12.4. The van der Waals surface area contributed by atoms with Gasteiger partial charge in [0.05, 0.1) is 11.6 Å². The maximum atomic E-state index is 13.4. The van der Waals surface area contributed by atoms with Gasteiger partial charge in [-0.25, -0.2) is 0 Å². The number of aromatic nitrogens is 2. The van der Waals surface area contributed by atoms with Crippen LogP contribution in [0.3, 0.4) is 0 Å². The van der Waals surface area contributed by atoms with Gasteiger partial charge in [-0.05, 0) is 54.8 Å². The van der Waals surface area contributed by atoms with Crippen LogP contribution in [0.2, 0.25) is 5.02 Å². The molecule has 0 aliphatic carbocycles. The molecule has 10 heteroatoms. The summed E-state index contributed by atoms with van der Waals surface area (Å²) in [7, 11) is 0. The molecule has 0 spiro atoms. The highest BCUT2D eigenvalue weighted by Gasteiger charge is 2.48. The maximum absolute atomic E-state index is 13.4. The van der Waals surface area contributed by atoms with Crippen LogP contribution in [0.15, 0.2) is 81.1 Å². The summed E-state index contributed by atoms with van der Waals surface area (Å²) in [6, 6.07) is 19.6. The molecule has 1 saturated heterocycles. The van der Waals surface area contributed by atoms with Crippen molar-refractivity contribution in [3.8, 4) is 0 Å². The van der Waals surface area contributed by atoms with Gasteiger partial charge in [-0.15, -0.1) is 10.2 Å². The summed E-state index contributed by atoms with van der Waals surface area (Å²) < 4.78 is 1.48. The first-order valence-corrected chi connectivity index (χ1v) is 14.6. The molecule has 0 radical (unpaired) electrons. The first kappa shape index (κ1) is 26.6. The molecule has 0 saturated carbocycles. The number of carbonyl (C=O) groups excluding carboxylic acids is 2. The van der Waals surface area contributed by atoms with E-state index in [-0.39, 0.29) is 16.5 Å². The maximum Gasteiger partial charge on any atom is 0.301 e. The van der Waals surface area contributed by atoms with E-state index in [1.165, 1.54) is 28.0 Å². The van der Waals surface area contributed by atoms with Crippen LogP contribution in [0.5, 0.6) is 0 Å². The van der Waals surface area contributed by atoms with Crippen molar-refractivity contribution in [3.63, 3.8) is 0 Å². The SMILES string of the molecule is Cc1ccc(C)c(/C(O)=C2\C(=O)C(=O)N(c3nnc(SCc4ccccc4Cl)s3)C2c2ccc(Br)cc2)c1. The van der Waals surface area contributed by atoms with Crippen LogP contribution in [0.25, 0.3) is 5.76 Å². The largest absolute Gasteiger partial charge is 0.507 e. The molecule has 1 unspecified atom stereocenters. The van der Waals surface area contributed by atoms with E-state index in [1.807, 2.05) is 80.6 Å². The molecule has 1 N–H and O–H groups in total. The minimum Gasteiger partial charge on any atom is -0.507 e. The molecule has 1 atom stereocenters. The highest BCUT2D eigenvalue weighted by atomic mass is 79.9. The normalized spacial score (nSPS) is 16.8. The number of hydrogen-bond acceptors (Lipinski definition) is 7. The number of aliphatic hydroxyl groups is 1. The summed E-state index contributed by atoms with van der Waals surface area (Å²) in [5, 5.41) is 20.9. The monoisotopic (exact) mass is 625 g/mol. The Kier molecular flexibility index (Phi) is 7.72. The number of ketones is 1. The number of aryl methyl sites for hydroxylation is 2. The number of rotatable bonds is 6. The molecule has 1 aliphatic heterocycles. The molecule has 38 heavy (non-hydrogen) atoms. The van der Waals surface area contributed by atoms with Crippen molar-refractivity contribution in [2.75, 3.05) is 4.90 Å². The fourth-order valence-corrected chi connectivity index (χ4v) is 6.66. The van der Waals surface area contributed by atoms with Crippen LogP contribution in [-0.2, 0) is 15.3 Å². The predicted octanol–water partition coefficient (Wildman–Crippen LogP) is 7.49. The topological polar surface area (TPSA) is 83.4 Å². The van der Waals surface area contributed by atoms with Gasteiger partial charge in [0.15, 0.2) is 4.34 Å². The second kappa shape index (κ2) is 11.0. The summed E-state index contributed by atoms with van der Waals surface area (Å²) in [5.41, 5.74) is 3.88. The number of hydrogen-bond donors (Lipinski definition) is 1. The molecular formula is C28H21BrClN3O3S2. The predicted molar refractivity (Wildman–Crippen MR) is 156 cm³/mol. The Bertz CT molecular complexity index is 1590. The van der Waals surface area contributed by atoms with Gasteiger partial charge in [-0.1, -0.05) is 98.7 Å². The number of anilines is 1. The third-order valence-electron chi connectivity index (χ3n) is 6.19. The molecule has 1 aromatic heterocycles. The van der Waals surface area contributed by atoms with Gasteiger partial charge in [-0.3, -0.25) is 14.5 Å². The van der Waals surface area contributed by atoms with Crippen LogP contribution in [-0.4, -0.2) is 27.0 Å². The molecule has 2 heterocycles. The zero-order valence-electron chi connectivity index (χ0n) is 20.3. The van der Waals surface area contributed by atoms with Crippen molar-refractivity contribution in [1.82, 2.24) is 10.2 Å². The Morgan fingerprint density at radius 3 is 2.55 bits per heavy atom. The van der Waals surface area contributed by atoms with Crippen LogP contribution in [0.1, 0.15) is 33.9 Å². The number of thioether (sulfide) groups is 1. The molecule has 4 aromatic rings. The quantitative estimate of drug-likeness (QED) is 0.0785. The lowest BCUT2D eigenvalue weighted by Gasteiger charge is -2.22. The first-order chi connectivity index (χ1) is 18.2. The summed E-state index contributed by atoms with van der Waals surface area (Å²) in [4.78, 5) is 28.2. The van der Waals surface area contributed by atoms with Crippen LogP contribution < -0.4 is 4.90 Å². The minimum absolute atomic E-state index is 0.0199. The minimum atomic E-state index is -0.864. The molecule has 192 valence electrons. The van der Waals surface area contributed by atoms with Gasteiger partial charge in [0.25, 0.3) is 5.78 Å². The van der Waals surface area contributed by atoms with Crippen molar-refractivity contribution in [2.45, 2.75) is 30.0 Å². The standard InChI is InChI=1S/C28H21BrClN3O3S2/c1-15-7-8-16(2)20(13-15)24(34)22-23(17-9-11-19(29)12-10-17)33(26(36)25(22)35)27-31-32-28(38-27)37-14-18-5-3-4-6-21(18)30/h3-13,23,34H,14H2,1-2H3/b24-22+. The lowest BCUT2D eigenvalue weighted by atomic mass is 9.93. The number of benzene rings is 3. The summed E-state index contributed by atoms with van der Waals surface area (Å²) in [6.45, 7) is 3.76. The molecule has 1 fully saturated rings. The van der Waals surface area contributed by atoms with Crippen molar-refractivity contribution < 1.29 is 14.7 Å². The van der Waals surface area contributed by atoms with Crippen LogP contribution in [0, 0.1) is 13.8 Å². The number of amides is 1. The molecular weight excluding hydrogens is 606 g/mol. The Labute approximate surface area is 241 Å². The number of nitrogens with zero attached hydrogens (tertiary/aromatic N) is 3. The molecule has 6 nitrogen and oxygen atoms in total. The van der Waals surface area contributed by atoms with Gasteiger partial charge in [0.1, 0.15) is 5.76 Å². The molecule has 5 rings (SSSR count). The van der Waals surface area contributed by atoms with Crippen molar-refractivity contribution in [1.29, 1.82) is 0 Å². The molecule has 0 bridgehead atoms.